The van der Waals surface area contributed by atoms with Crippen LogP contribution in [0, 0.1) is 11.8 Å². The predicted octanol–water partition coefficient (Wildman–Crippen LogP) is 2.29. The minimum Gasteiger partial charge on any atom is -0.376 e. The lowest BCUT2D eigenvalue weighted by molar-refractivity contribution is 0.0531. The number of rotatable bonds is 7. The molecule has 110 valence electrons. The second kappa shape index (κ2) is 6.87. The lowest BCUT2D eigenvalue weighted by atomic mass is 9.97. The van der Waals surface area contributed by atoms with E-state index in [0.29, 0.717) is 18.6 Å². The fourth-order valence-corrected chi connectivity index (χ4v) is 3.01. The molecule has 2 unspecified atom stereocenters. The summed E-state index contributed by atoms with van der Waals surface area (Å²) in [4.78, 5) is 2.64. The molecule has 2 rings (SSSR count). The molecule has 2 aliphatic rings. The maximum Gasteiger partial charge on any atom is 0.0672 e. The van der Waals surface area contributed by atoms with E-state index in [1.54, 1.807) is 0 Å². The van der Waals surface area contributed by atoms with Crippen molar-refractivity contribution >= 4 is 0 Å². The van der Waals surface area contributed by atoms with Crippen molar-refractivity contribution in [3.8, 4) is 0 Å². The molecule has 0 aromatic heterocycles. The first kappa shape index (κ1) is 15.0. The fourth-order valence-electron chi connectivity index (χ4n) is 3.01. The summed E-state index contributed by atoms with van der Waals surface area (Å²) in [7, 11) is 0. The zero-order chi connectivity index (χ0) is 13.8. The third-order valence-electron chi connectivity index (χ3n) is 4.32. The van der Waals surface area contributed by atoms with Gasteiger partial charge in [0.15, 0.2) is 0 Å². The summed E-state index contributed by atoms with van der Waals surface area (Å²) < 4.78 is 5.68. The Morgan fingerprint density at radius 2 is 2.16 bits per heavy atom. The fraction of sp³-hybridized carbons (Fsp3) is 0.875. The van der Waals surface area contributed by atoms with Gasteiger partial charge in [0.1, 0.15) is 0 Å². The Morgan fingerprint density at radius 1 is 1.42 bits per heavy atom. The molecule has 1 saturated carbocycles. The van der Waals surface area contributed by atoms with Crippen LogP contribution in [0.2, 0.25) is 0 Å². The van der Waals surface area contributed by atoms with Gasteiger partial charge in [0.2, 0.25) is 0 Å². The van der Waals surface area contributed by atoms with Crippen molar-refractivity contribution in [2.24, 2.45) is 11.8 Å². The molecular weight excluding hydrogens is 236 g/mol. The molecule has 0 bridgehead atoms. The number of hydrogen-bond acceptors (Lipinski definition) is 3. The van der Waals surface area contributed by atoms with Gasteiger partial charge in [0.05, 0.1) is 13.2 Å². The molecule has 2 atom stereocenters. The molecule has 0 aromatic rings. The van der Waals surface area contributed by atoms with Gasteiger partial charge in [-0.15, -0.1) is 0 Å². The molecule has 0 spiro atoms. The summed E-state index contributed by atoms with van der Waals surface area (Å²) in [5, 5.41) is 3.75. The van der Waals surface area contributed by atoms with Crippen LogP contribution >= 0.6 is 0 Å². The van der Waals surface area contributed by atoms with E-state index >= 15 is 0 Å². The van der Waals surface area contributed by atoms with Crippen molar-refractivity contribution in [3.05, 3.63) is 12.2 Å². The third-order valence-corrected chi connectivity index (χ3v) is 4.32. The molecule has 1 N–H and O–H groups in total. The third kappa shape index (κ3) is 4.59. The molecular formula is C16H30N2O. The van der Waals surface area contributed by atoms with E-state index in [1.807, 2.05) is 6.92 Å². The number of hydrogen-bond donors (Lipinski definition) is 1. The average molecular weight is 266 g/mol. The summed E-state index contributed by atoms with van der Waals surface area (Å²) >= 11 is 0. The summed E-state index contributed by atoms with van der Waals surface area (Å²) in [6, 6.07) is 1.37. The highest BCUT2D eigenvalue weighted by Crippen LogP contribution is 2.34. The summed E-state index contributed by atoms with van der Waals surface area (Å²) in [5.41, 5.74) is 1.11. The highest BCUT2D eigenvalue weighted by Gasteiger charge is 2.37. The topological polar surface area (TPSA) is 24.5 Å². The van der Waals surface area contributed by atoms with Crippen LogP contribution in [0.15, 0.2) is 12.2 Å². The van der Waals surface area contributed by atoms with E-state index < -0.39 is 0 Å². The van der Waals surface area contributed by atoms with Crippen molar-refractivity contribution in [1.82, 2.24) is 10.2 Å². The van der Waals surface area contributed by atoms with Crippen LogP contribution in [0.3, 0.4) is 0 Å². The monoisotopic (exact) mass is 266 g/mol. The molecule has 2 fully saturated rings. The van der Waals surface area contributed by atoms with Gasteiger partial charge in [-0.05, 0) is 31.6 Å². The zero-order valence-corrected chi connectivity index (χ0v) is 12.8. The minimum atomic E-state index is 0.656. The molecule has 3 heteroatoms. The highest BCUT2D eigenvalue weighted by molar-refractivity contribution is 4.95. The first-order valence-electron chi connectivity index (χ1n) is 7.77. The Kier molecular flexibility index (Phi) is 5.43. The predicted molar refractivity (Wildman–Crippen MR) is 80.3 cm³/mol. The molecule has 1 aliphatic carbocycles. The molecule has 1 aliphatic heterocycles. The first-order chi connectivity index (χ1) is 9.08. The van der Waals surface area contributed by atoms with Gasteiger partial charge in [-0.25, -0.2) is 0 Å². The Morgan fingerprint density at radius 3 is 2.74 bits per heavy atom. The maximum atomic E-state index is 5.68. The quantitative estimate of drug-likeness (QED) is 0.565. The van der Waals surface area contributed by atoms with Crippen molar-refractivity contribution in [2.75, 3.05) is 32.8 Å². The lowest BCUT2D eigenvalue weighted by Crippen LogP contribution is -2.59. The molecule has 0 aromatic carbocycles. The van der Waals surface area contributed by atoms with Gasteiger partial charge in [-0.1, -0.05) is 26.0 Å². The molecule has 1 saturated heterocycles. The molecule has 0 amide bonds. The van der Waals surface area contributed by atoms with Crippen LogP contribution in [0.5, 0.6) is 0 Å². The van der Waals surface area contributed by atoms with Gasteiger partial charge in [-0.3, -0.25) is 4.90 Å². The summed E-state index contributed by atoms with van der Waals surface area (Å²) in [5.74, 6) is 1.64. The van der Waals surface area contributed by atoms with Crippen molar-refractivity contribution < 1.29 is 4.74 Å². The minimum absolute atomic E-state index is 0.656. The van der Waals surface area contributed by atoms with Crippen LogP contribution in [-0.2, 0) is 4.74 Å². The summed E-state index contributed by atoms with van der Waals surface area (Å²) in [6.45, 7) is 15.5. The van der Waals surface area contributed by atoms with E-state index in [1.165, 1.54) is 19.4 Å². The van der Waals surface area contributed by atoms with E-state index in [-0.39, 0.29) is 0 Å². The van der Waals surface area contributed by atoms with Crippen LogP contribution in [0.25, 0.3) is 0 Å². The number of nitrogens with one attached hydrogen (secondary N) is 1. The Hall–Kier alpha value is -0.380. The maximum absolute atomic E-state index is 5.68. The second-order valence-electron chi connectivity index (χ2n) is 6.67. The van der Waals surface area contributed by atoms with Crippen LogP contribution in [0.4, 0.5) is 0 Å². The standard InChI is InChI=1S/C16H30N2O/c1-12(2)11-19-8-7-18-10-15(14-5-6-14)17-9-16(18)13(3)4/h13-17H,1,5-11H2,2-4H3. The molecule has 19 heavy (non-hydrogen) atoms. The first-order valence-corrected chi connectivity index (χ1v) is 7.77. The largest absolute Gasteiger partial charge is 0.376 e. The SMILES string of the molecule is C=C(C)COCCN1CC(C2CC2)NCC1C(C)C. The van der Waals surface area contributed by atoms with Gasteiger partial charge in [-0.2, -0.15) is 0 Å². The van der Waals surface area contributed by atoms with E-state index in [2.05, 4.69) is 30.6 Å². The zero-order valence-electron chi connectivity index (χ0n) is 12.8. The number of nitrogens with zero attached hydrogens (tertiary/aromatic N) is 1. The van der Waals surface area contributed by atoms with Crippen LogP contribution in [0.1, 0.15) is 33.6 Å². The number of ether oxygens (including phenoxy) is 1. The van der Waals surface area contributed by atoms with Gasteiger partial charge >= 0.3 is 0 Å². The van der Waals surface area contributed by atoms with E-state index in [4.69, 9.17) is 4.74 Å². The second-order valence-corrected chi connectivity index (χ2v) is 6.67. The Balaban J connectivity index is 1.79. The van der Waals surface area contributed by atoms with Gasteiger partial charge < -0.3 is 10.1 Å². The highest BCUT2D eigenvalue weighted by atomic mass is 16.5. The smallest absolute Gasteiger partial charge is 0.0672 e. The van der Waals surface area contributed by atoms with E-state index in [9.17, 15) is 0 Å². The average Bonchev–Trinajstić information content (AvgIpc) is 3.18. The molecule has 3 nitrogen and oxygen atoms in total. The van der Waals surface area contributed by atoms with Crippen molar-refractivity contribution in [3.63, 3.8) is 0 Å². The van der Waals surface area contributed by atoms with Crippen molar-refractivity contribution in [1.29, 1.82) is 0 Å². The van der Waals surface area contributed by atoms with Crippen LogP contribution < -0.4 is 5.32 Å². The Bertz CT molecular complexity index is 299. The Labute approximate surface area is 118 Å². The molecule has 0 radical (unpaired) electrons. The van der Waals surface area contributed by atoms with Gasteiger partial charge in [0, 0.05) is 31.7 Å². The molecule has 1 heterocycles. The van der Waals surface area contributed by atoms with E-state index in [0.717, 1.165) is 37.2 Å². The lowest BCUT2D eigenvalue weighted by Gasteiger charge is -2.42. The normalized spacial score (nSPS) is 28.8. The van der Waals surface area contributed by atoms with Gasteiger partial charge in [0.25, 0.3) is 0 Å². The van der Waals surface area contributed by atoms with Crippen LogP contribution in [-0.4, -0.2) is 49.8 Å². The summed E-state index contributed by atoms with van der Waals surface area (Å²) in [6.07, 6.45) is 2.84. The van der Waals surface area contributed by atoms with Crippen molar-refractivity contribution in [2.45, 2.75) is 45.7 Å². The number of piperazine rings is 1.